The minimum absolute atomic E-state index is 0.0820. The molecule has 0 saturated carbocycles. The van der Waals surface area contributed by atoms with Gasteiger partial charge in [0.05, 0.1) is 6.10 Å². The third-order valence-electron chi connectivity index (χ3n) is 2.27. The van der Waals surface area contributed by atoms with Crippen LogP contribution in [0.5, 0.6) is 0 Å². The van der Waals surface area contributed by atoms with E-state index in [1.54, 1.807) is 0 Å². The number of benzene rings is 1. The lowest BCUT2D eigenvalue weighted by Crippen LogP contribution is -2.26. The maximum Gasteiger partial charge on any atom is 0.407 e. The molecule has 0 aliphatic rings. The molecule has 3 nitrogen and oxygen atoms in total. The smallest absolute Gasteiger partial charge is 0.407 e. The zero-order chi connectivity index (χ0) is 12.0. The van der Waals surface area contributed by atoms with Crippen molar-refractivity contribution in [3.05, 3.63) is 35.4 Å². The van der Waals surface area contributed by atoms with Gasteiger partial charge in [-0.25, -0.2) is 4.79 Å². The predicted octanol–water partition coefficient (Wildman–Crippen LogP) is 2.88. The number of alkyl carbamates (subject to hydrolysis) is 1. The Bertz CT molecular complexity index is 348. The quantitative estimate of drug-likeness (QED) is 0.849. The first kappa shape index (κ1) is 12.6. The number of carbonyl (C=O) groups is 1. The molecule has 0 aliphatic heterocycles. The summed E-state index contributed by atoms with van der Waals surface area (Å²) in [5, 5.41) is 2.74. The van der Waals surface area contributed by atoms with Crippen LogP contribution >= 0.6 is 0 Å². The minimum Gasteiger partial charge on any atom is -0.447 e. The van der Waals surface area contributed by atoms with Crippen LogP contribution in [0, 0.1) is 0 Å². The van der Waals surface area contributed by atoms with E-state index in [1.807, 2.05) is 32.0 Å². The average Bonchev–Trinajstić information content (AvgIpc) is 2.26. The van der Waals surface area contributed by atoms with Gasteiger partial charge in [0.2, 0.25) is 0 Å². The van der Waals surface area contributed by atoms with Gasteiger partial charge < -0.3 is 10.1 Å². The van der Waals surface area contributed by atoms with Crippen molar-refractivity contribution in [2.45, 2.75) is 39.8 Å². The van der Waals surface area contributed by atoms with Crippen molar-refractivity contribution < 1.29 is 9.53 Å². The van der Waals surface area contributed by atoms with E-state index in [9.17, 15) is 4.79 Å². The standard InChI is InChI=1S/C13H19NO2/c1-4-11-7-5-6-8-12(11)9-14-13(15)16-10(2)3/h5-8,10H,4,9H2,1-3H3,(H,14,15). The summed E-state index contributed by atoms with van der Waals surface area (Å²) in [4.78, 5) is 11.3. The van der Waals surface area contributed by atoms with Crippen LogP contribution in [0.25, 0.3) is 0 Å². The van der Waals surface area contributed by atoms with Gasteiger partial charge in [-0.15, -0.1) is 0 Å². The summed E-state index contributed by atoms with van der Waals surface area (Å²) in [7, 11) is 0. The molecule has 1 amide bonds. The Hall–Kier alpha value is -1.51. The van der Waals surface area contributed by atoms with E-state index in [0.29, 0.717) is 6.54 Å². The summed E-state index contributed by atoms with van der Waals surface area (Å²) in [6, 6.07) is 8.08. The molecule has 0 unspecified atom stereocenters. The summed E-state index contributed by atoms with van der Waals surface area (Å²) in [6.07, 6.45) is 0.527. The molecule has 1 aromatic carbocycles. The van der Waals surface area contributed by atoms with Crippen molar-refractivity contribution in [1.82, 2.24) is 5.32 Å². The van der Waals surface area contributed by atoms with Crippen LogP contribution in [0.4, 0.5) is 4.79 Å². The first-order chi connectivity index (χ1) is 7.63. The first-order valence-electron chi connectivity index (χ1n) is 5.64. The summed E-state index contributed by atoms with van der Waals surface area (Å²) < 4.78 is 5.00. The molecule has 1 aromatic rings. The molecular weight excluding hydrogens is 202 g/mol. The van der Waals surface area contributed by atoms with E-state index in [4.69, 9.17) is 4.74 Å². The summed E-state index contributed by atoms with van der Waals surface area (Å²) in [5.74, 6) is 0. The molecule has 1 N–H and O–H groups in total. The lowest BCUT2D eigenvalue weighted by molar-refractivity contribution is 0.115. The molecule has 0 aromatic heterocycles. The number of amides is 1. The number of nitrogens with one attached hydrogen (secondary N) is 1. The summed E-state index contributed by atoms with van der Waals surface area (Å²) in [5.41, 5.74) is 2.40. The number of carbonyl (C=O) groups excluding carboxylic acids is 1. The zero-order valence-electron chi connectivity index (χ0n) is 10.1. The Balaban J connectivity index is 2.51. The number of hydrogen-bond acceptors (Lipinski definition) is 2. The van der Waals surface area contributed by atoms with Crippen molar-refractivity contribution >= 4 is 6.09 Å². The molecule has 0 saturated heterocycles. The maximum absolute atomic E-state index is 11.3. The lowest BCUT2D eigenvalue weighted by atomic mass is 10.1. The highest BCUT2D eigenvalue weighted by Gasteiger charge is 2.05. The van der Waals surface area contributed by atoms with Gasteiger partial charge in [-0.05, 0) is 31.4 Å². The molecule has 0 atom stereocenters. The van der Waals surface area contributed by atoms with Crippen molar-refractivity contribution in [2.24, 2.45) is 0 Å². The molecule has 0 spiro atoms. The number of rotatable bonds is 4. The lowest BCUT2D eigenvalue weighted by Gasteiger charge is -2.11. The Kier molecular flexibility index (Phi) is 4.83. The van der Waals surface area contributed by atoms with Crippen molar-refractivity contribution in [2.75, 3.05) is 0 Å². The van der Waals surface area contributed by atoms with Gasteiger partial charge in [0.25, 0.3) is 0 Å². The molecule has 0 fully saturated rings. The van der Waals surface area contributed by atoms with E-state index in [1.165, 1.54) is 5.56 Å². The van der Waals surface area contributed by atoms with Crippen LogP contribution < -0.4 is 5.32 Å². The van der Waals surface area contributed by atoms with Crippen molar-refractivity contribution in [3.8, 4) is 0 Å². The second-order valence-corrected chi connectivity index (χ2v) is 3.93. The van der Waals surface area contributed by atoms with E-state index in [0.717, 1.165) is 12.0 Å². The molecule has 3 heteroatoms. The number of aryl methyl sites for hydroxylation is 1. The fourth-order valence-electron chi connectivity index (χ4n) is 1.50. The second kappa shape index (κ2) is 6.16. The normalized spacial score (nSPS) is 10.2. The largest absolute Gasteiger partial charge is 0.447 e. The molecule has 0 radical (unpaired) electrons. The average molecular weight is 221 g/mol. The predicted molar refractivity (Wildman–Crippen MR) is 64.3 cm³/mol. The molecular formula is C13H19NO2. The highest BCUT2D eigenvalue weighted by molar-refractivity contribution is 5.67. The molecule has 0 aliphatic carbocycles. The maximum atomic E-state index is 11.3. The zero-order valence-corrected chi connectivity index (χ0v) is 10.1. The van der Waals surface area contributed by atoms with Crippen LogP contribution in [0.3, 0.4) is 0 Å². The first-order valence-corrected chi connectivity index (χ1v) is 5.64. The highest BCUT2D eigenvalue weighted by atomic mass is 16.6. The van der Waals surface area contributed by atoms with E-state index in [-0.39, 0.29) is 12.2 Å². The van der Waals surface area contributed by atoms with Crippen LogP contribution in [0.1, 0.15) is 31.9 Å². The minimum atomic E-state index is -0.360. The fourth-order valence-corrected chi connectivity index (χ4v) is 1.50. The van der Waals surface area contributed by atoms with Gasteiger partial charge >= 0.3 is 6.09 Å². The SMILES string of the molecule is CCc1ccccc1CNC(=O)OC(C)C. The third-order valence-corrected chi connectivity index (χ3v) is 2.27. The third kappa shape index (κ3) is 3.93. The van der Waals surface area contributed by atoms with Crippen LogP contribution in [-0.2, 0) is 17.7 Å². The summed E-state index contributed by atoms with van der Waals surface area (Å²) >= 11 is 0. The molecule has 0 heterocycles. The summed E-state index contributed by atoms with van der Waals surface area (Å²) in [6.45, 7) is 6.29. The molecule has 88 valence electrons. The Morgan fingerprint density at radius 2 is 1.94 bits per heavy atom. The van der Waals surface area contributed by atoms with Crippen molar-refractivity contribution in [3.63, 3.8) is 0 Å². The topological polar surface area (TPSA) is 38.3 Å². The highest BCUT2D eigenvalue weighted by Crippen LogP contribution is 2.08. The van der Waals surface area contributed by atoms with Gasteiger partial charge in [0.15, 0.2) is 0 Å². The Morgan fingerprint density at radius 1 is 1.31 bits per heavy atom. The van der Waals surface area contributed by atoms with E-state index >= 15 is 0 Å². The Labute approximate surface area is 96.8 Å². The van der Waals surface area contributed by atoms with E-state index in [2.05, 4.69) is 18.3 Å². The second-order valence-electron chi connectivity index (χ2n) is 3.93. The van der Waals surface area contributed by atoms with Gasteiger partial charge in [-0.2, -0.15) is 0 Å². The van der Waals surface area contributed by atoms with Gasteiger partial charge in [-0.3, -0.25) is 0 Å². The fraction of sp³-hybridized carbons (Fsp3) is 0.462. The number of hydrogen-bond donors (Lipinski definition) is 1. The molecule has 0 bridgehead atoms. The van der Waals surface area contributed by atoms with Crippen LogP contribution in [0.15, 0.2) is 24.3 Å². The van der Waals surface area contributed by atoms with Gasteiger partial charge in [0, 0.05) is 6.54 Å². The van der Waals surface area contributed by atoms with Gasteiger partial charge in [-0.1, -0.05) is 31.2 Å². The van der Waals surface area contributed by atoms with Crippen molar-refractivity contribution in [1.29, 1.82) is 0 Å². The van der Waals surface area contributed by atoms with Crippen LogP contribution in [0.2, 0.25) is 0 Å². The monoisotopic (exact) mass is 221 g/mol. The van der Waals surface area contributed by atoms with Gasteiger partial charge in [0.1, 0.15) is 0 Å². The van der Waals surface area contributed by atoms with E-state index < -0.39 is 0 Å². The Morgan fingerprint density at radius 3 is 2.50 bits per heavy atom. The van der Waals surface area contributed by atoms with Crippen LogP contribution in [-0.4, -0.2) is 12.2 Å². The molecule has 1 rings (SSSR count). The molecule has 16 heavy (non-hydrogen) atoms. The number of ether oxygens (including phenoxy) is 1.